The van der Waals surface area contributed by atoms with Crippen molar-refractivity contribution in [2.45, 2.75) is 11.9 Å². The molecule has 0 fully saturated rings. The van der Waals surface area contributed by atoms with Crippen molar-refractivity contribution in [2.24, 2.45) is 0 Å². The summed E-state index contributed by atoms with van der Waals surface area (Å²) in [6.07, 6.45) is 1.09. The third kappa shape index (κ3) is 3.74. The van der Waals surface area contributed by atoms with Crippen molar-refractivity contribution in [3.05, 3.63) is 35.0 Å². The summed E-state index contributed by atoms with van der Waals surface area (Å²) in [4.78, 5) is 11.8. The van der Waals surface area contributed by atoms with Crippen LogP contribution in [0.5, 0.6) is 5.75 Å². The highest BCUT2D eigenvalue weighted by molar-refractivity contribution is 7.92. The Labute approximate surface area is 137 Å². The van der Waals surface area contributed by atoms with Gasteiger partial charge < -0.3 is 9.47 Å². The van der Waals surface area contributed by atoms with Crippen LogP contribution in [0.15, 0.2) is 29.4 Å². The van der Waals surface area contributed by atoms with Crippen molar-refractivity contribution < 1.29 is 22.7 Å². The van der Waals surface area contributed by atoms with Gasteiger partial charge in [0.15, 0.2) is 5.03 Å². The lowest BCUT2D eigenvalue weighted by Crippen LogP contribution is -2.18. The zero-order valence-corrected chi connectivity index (χ0v) is 13.9. The number of H-pyrrole nitrogens is 1. The molecule has 8 nitrogen and oxygen atoms in total. The number of ether oxygens (including phenoxy) is 2. The third-order valence-corrected chi connectivity index (χ3v) is 4.35. The second kappa shape index (κ2) is 6.88. The smallest absolute Gasteiger partial charge is 0.342 e. The van der Waals surface area contributed by atoms with Gasteiger partial charge in [-0.05, 0) is 25.1 Å². The van der Waals surface area contributed by atoms with E-state index in [1.165, 1.54) is 19.2 Å². The molecule has 23 heavy (non-hydrogen) atoms. The standard InChI is InChI=1S/C13H14ClN3O5S/c1-3-22-13(18)9-7-15-16-12(9)23(19,20)17-10-6-8(14)4-5-11(10)21-2/h4-7,17H,3H2,1-2H3,(H,15,16). The minimum absolute atomic E-state index is 0.110. The quantitative estimate of drug-likeness (QED) is 0.764. The van der Waals surface area contributed by atoms with Crippen molar-refractivity contribution in [2.75, 3.05) is 18.4 Å². The summed E-state index contributed by atoms with van der Waals surface area (Å²) in [5.41, 5.74) is -0.0650. The van der Waals surface area contributed by atoms with Crippen LogP contribution >= 0.6 is 11.6 Å². The van der Waals surface area contributed by atoms with Gasteiger partial charge in [-0.1, -0.05) is 11.6 Å². The van der Waals surface area contributed by atoms with Crippen molar-refractivity contribution in [3.63, 3.8) is 0 Å². The van der Waals surface area contributed by atoms with Crippen LogP contribution in [0.2, 0.25) is 5.02 Å². The van der Waals surface area contributed by atoms with E-state index < -0.39 is 21.0 Å². The fourth-order valence-corrected chi connectivity index (χ4v) is 3.11. The van der Waals surface area contributed by atoms with Gasteiger partial charge in [-0.25, -0.2) is 4.79 Å². The second-order valence-electron chi connectivity index (χ2n) is 4.28. The lowest BCUT2D eigenvalue weighted by Gasteiger charge is -2.12. The Bertz CT molecular complexity index is 819. The molecule has 0 radical (unpaired) electrons. The highest BCUT2D eigenvalue weighted by Gasteiger charge is 2.27. The summed E-state index contributed by atoms with van der Waals surface area (Å²) in [7, 11) is -2.73. The molecule has 1 aromatic carbocycles. The van der Waals surface area contributed by atoms with E-state index in [9.17, 15) is 13.2 Å². The topological polar surface area (TPSA) is 110 Å². The molecule has 10 heteroatoms. The Balaban J connectivity index is 2.39. The number of hydrogen-bond donors (Lipinski definition) is 2. The van der Waals surface area contributed by atoms with E-state index in [-0.39, 0.29) is 23.6 Å². The van der Waals surface area contributed by atoms with Crippen molar-refractivity contribution in [3.8, 4) is 5.75 Å². The largest absolute Gasteiger partial charge is 0.495 e. The van der Waals surface area contributed by atoms with Gasteiger partial charge in [-0.3, -0.25) is 9.82 Å². The Morgan fingerprint density at radius 3 is 2.83 bits per heavy atom. The van der Waals surface area contributed by atoms with Crippen LogP contribution in [0.3, 0.4) is 0 Å². The van der Waals surface area contributed by atoms with E-state index in [1.54, 1.807) is 13.0 Å². The van der Waals surface area contributed by atoms with Crippen LogP contribution in [-0.4, -0.2) is 38.3 Å². The maximum absolute atomic E-state index is 12.5. The molecule has 2 N–H and O–H groups in total. The van der Waals surface area contributed by atoms with Crippen LogP contribution in [0, 0.1) is 0 Å². The summed E-state index contributed by atoms with van der Waals surface area (Å²) in [6, 6.07) is 4.45. The van der Waals surface area contributed by atoms with Crippen LogP contribution in [-0.2, 0) is 14.8 Å². The molecule has 0 spiro atoms. The number of benzene rings is 1. The number of hydrogen-bond acceptors (Lipinski definition) is 6. The van der Waals surface area contributed by atoms with Crippen LogP contribution < -0.4 is 9.46 Å². The number of carbonyl (C=O) groups excluding carboxylic acids is 1. The Morgan fingerprint density at radius 1 is 1.43 bits per heavy atom. The van der Waals surface area contributed by atoms with Crippen LogP contribution in [0.1, 0.15) is 17.3 Å². The third-order valence-electron chi connectivity index (χ3n) is 2.77. The molecule has 2 aromatic rings. The highest BCUT2D eigenvalue weighted by Crippen LogP contribution is 2.30. The highest BCUT2D eigenvalue weighted by atomic mass is 35.5. The number of carbonyl (C=O) groups is 1. The van der Waals surface area contributed by atoms with Gasteiger partial charge in [0.25, 0.3) is 10.0 Å². The first-order valence-corrected chi connectivity index (χ1v) is 8.32. The second-order valence-corrected chi connectivity index (χ2v) is 6.34. The number of halogens is 1. The zero-order chi connectivity index (χ0) is 17.0. The monoisotopic (exact) mass is 359 g/mol. The molecule has 0 amide bonds. The number of nitrogens with one attached hydrogen (secondary N) is 2. The summed E-state index contributed by atoms with van der Waals surface area (Å²) in [5, 5.41) is 5.79. The van der Waals surface area contributed by atoms with Gasteiger partial charge in [0.1, 0.15) is 11.3 Å². The van der Waals surface area contributed by atoms with Crippen molar-refractivity contribution >= 4 is 33.3 Å². The Morgan fingerprint density at radius 2 is 2.17 bits per heavy atom. The number of aromatic nitrogens is 2. The molecule has 2 rings (SSSR count). The number of anilines is 1. The lowest BCUT2D eigenvalue weighted by atomic mass is 10.3. The molecule has 0 bridgehead atoms. The van der Waals surface area contributed by atoms with Gasteiger partial charge in [0.05, 0.1) is 25.6 Å². The molecule has 124 valence electrons. The molecule has 0 aliphatic heterocycles. The molecular formula is C13H14ClN3O5S. The Kier molecular flexibility index (Phi) is 5.12. The fourth-order valence-electron chi connectivity index (χ4n) is 1.79. The molecule has 0 aliphatic rings. The average Bonchev–Trinajstić information content (AvgIpc) is 2.98. The van der Waals surface area contributed by atoms with Gasteiger partial charge in [0, 0.05) is 5.02 Å². The first kappa shape index (κ1) is 17.1. The molecule has 1 aromatic heterocycles. The zero-order valence-electron chi connectivity index (χ0n) is 12.3. The summed E-state index contributed by atoms with van der Waals surface area (Å²) in [6.45, 7) is 1.72. The SMILES string of the molecule is CCOC(=O)c1cn[nH]c1S(=O)(=O)Nc1cc(Cl)ccc1OC. The van der Waals surface area contributed by atoms with E-state index in [0.29, 0.717) is 5.02 Å². The molecule has 0 unspecified atom stereocenters. The van der Waals surface area contributed by atoms with Crippen molar-refractivity contribution in [1.29, 1.82) is 0 Å². The number of aromatic amines is 1. The van der Waals surface area contributed by atoms with Gasteiger partial charge in [0.2, 0.25) is 0 Å². The first-order valence-electron chi connectivity index (χ1n) is 6.46. The van der Waals surface area contributed by atoms with E-state index in [4.69, 9.17) is 21.1 Å². The summed E-state index contributed by atoms with van der Waals surface area (Å²) in [5.74, 6) is -0.519. The van der Waals surface area contributed by atoms with Gasteiger partial charge in [-0.2, -0.15) is 13.5 Å². The molecule has 0 atom stereocenters. The Hall–Kier alpha value is -2.26. The summed E-state index contributed by atoms with van der Waals surface area (Å²) >= 11 is 5.87. The predicted molar refractivity (Wildman–Crippen MR) is 83.4 cm³/mol. The number of rotatable bonds is 6. The normalized spacial score (nSPS) is 11.1. The lowest BCUT2D eigenvalue weighted by molar-refractivity contribution is 0.0522. The van der Waals surface area contributed by atoms with E-state index >= 15 is 0 Å². The first-order chi connectivity index (χ1) is 10.9. The molecule has 0 aliphatic carbocycles. The van der Waals surface area contributed by atoms with E-state index in [0.717, 1.165) is 6.20 Å². The van der Waals surface area contributed by atoms with Crippen molar-refractivity contribution in [1.82, 2.24) is 10.2 Å². The van der Waals surface area contributed by atoms with Crippen LogP contribution in [0.25, 0.3) is 0 Å². The molecule has 0 saturated heterocycles. The number of methoxy groups -OCH3 is 1. The molecule has 0 saturated carbocycles. The maximum atomic E-state index is 12.5. The fraction of sp³-hybridized carbons (Fsp3) is 0.231. The van der Waals surface area contributed by atoms with E-state index in [1.807, 2.05) is 0 Å². The van der Waals surface area contributed by atoms with E-state index in [2.05, 4.69) is 14.9 Å². The maximum Gasteiger partial charge on any atom is 0.342 e. The minimum Gasteiger partial charge on any atom is -0.495 e. The van der Waals surface area contributed by atoms with Crippen LogP contribution in [0.4, 0.5) is 5.69 Å². The number of nitrogens with zero attached hydrogens (tertiary/aromatic N) is 1. The number of sulfonamides is 1. The number of esters is 1. The van der Waals surface area contributed by atoms with Gasteiger partial charge in [-0.15, -0.1) is 0 Å². The molecule has 1 heterocycles. The average molecular weight is 360 g/mol. The predicted octanol–water partition coefficient (Wildman–Crippen LogP) is 2.05. The summed E-state index contributed by atoms with van der Waals surface area (Å²) < 4.78 is 37.1. The van der Waals surface area contributed by atoms with Gasteiger partial charge >= 0.3 is 5.97 Å². The molecular weight excluding hydrogens is 346 g/mol. The minimum atomic E-state index is -4.12.